The molecule has 0 spiro atoms. The van der Waals surface area contributed by atoms with Crippen LogP contribution in [0.4, 0.5) is 0 Å². The summed E-state index contributed by atoms with van der Waals surface area (Å²) in [6.07, 6.45) is 3.92. The minimum Gasteiger partial charge on any atom is -0.493 e. The number of carbonyl (C=O) groups excluding carboxylic acids is 1. The van der Waals surface area contributed by atoms with E-state index in [0.717, 1.165) is 25.5 Å². The third-order valence-corrected chi connectivity index (χ3v) is 5.69. The van der Waals surface area contributed by atoms with E-state index in [-0.39, 0.29) is 5.41 Å². The molecule has 0 aliphatic heterocycles. The smallest absolute Gasteiger partial charge is 0.204 e. The first-order valence-corrected chi connectivity index (χ1v) is 11.1. The molecule has 168 valence electrons. The predicted octanol–water partition coefficient (Wildman–Crippen LogP) is 7.19. The van der Waals surface area contributed by atoms with Gasteiger partial charge in [-0.25, -0.2) is 0 Å². The summed E-state index contributed by atoms with van der Waals surface area (Å²) in [4.78, 5) is 11.4. The van der Waals surface area contributed by atoms with Crippen molar-refractivity contribution in [1.29, 1.82) is 0 Å². The molecule has 0 N–H and O–H groups in total. The van der Waals surface area contributed by atoms with Crippen LogP contribution in [0.3, 0.4) is 0 Å². The Hall–Kier alpha value is -3.27. The monoisotopic (exact) mass is 432 g/mol. The lowest BCUT2D eigenvalue weighted by Crippen LogP contribution is -2.18. The maximum atomic E-state index is 11.4. The van der Waals surface area contributed by atoms with Gasteiger partial charge in [0.1, 0.15) is 12.0 Å². The molecule has 0 aromatic heterocycles. The number of hydrogen-bond acceptors (Lipinski definition) is 4. The first-order chi connectivity index (χ1) is 15.5. The van der Waals surface area contributed by atoms with Gasteiger partial charge in [0.05, 0.1) is 13.7 Å². The molecule has 32 heavy (non-hydrogen) atoms. The number of ether oxygens (including phenoxy) is 3. The molecule has 3 rings (SSSR count). The summed E-state index contributed by atoms with van der Waals surface area (Å²) in [6, 6.07) is 21.8. The van der Waals surface area contributed by atoms with Crippen molar-refractivity contribution in [3.8, 4) is 23.0 Å². The standard InChI is InChI=1S/C28H32O4/c1-5-6-10-17-31-27-25(30-4)18-21(20-29)19-26(27)32-24-15-13-23(14-16-24)28(2,3)22-11-8-7-9-12-22/h7-9,11-16,18-20H,5-6,10,17H2,1-4H3. The Bertz CT molecular complexity index is 1010. The second-order valence-corrected chi connectivity index (χ2v) is 8.34. The summed E-state index contributed by atoms with van der Waals surface area (Å²) in [5.74, 6) is 2.14. The van der Waals surface area contributed by atoms with Crippen molar-refractivity contribution in [2.75, 3.05) is 13.7 Å². The van der Waals surface area contributed by atoms with Crippen molar-refractivity contribution in [2.45, 2.75) is 45.4 Å². The zero-order chi connectivity index (χ0) is 23.0. The van der Waals surface area contributed by atoms with E-state index < -0.39 is 0 Å². The number of aldehydes is 1. The van der Waals surface area contributed by atoms with Gasteiger partial charge in [0, 0.05) is 11.0 Å². The molecule has 0 atom stereocenters. The number of unbranched alkanes of at least 4 members (excludes halogenated alkanes) is 2. The van der Waals surface area contributed by atoms with E-state index >= 15 is 0 Å². The average molecular weight is 433 g/mol. The van der Waals surface area contributed by atoms with E-state index in [2.05, 4.69) is 57.2 Å². The van der Waals surface area contributed by atoms with E-state index in [4.69, 9.17) is 14.2 Å². The molecule has 0 aliphatic carbocycles. The van der Waals surface area contributed by atoms with Crippen molar-refractivity contribution < 1.29 is 19.0 Å². The van der Waals surface area contributed by atoms with Crippen LogP contribution in [-0.4, -0.2) is 20.0 Å². The van der Waals surface area contributed by atoms with E-state index in [0.29, 0.717) is 35.2 Å². The van der Waals surface area contributed by atoms with Gasteiger partial charge in [-0.05, 0) is 41.8 Å². The SMILES string of the molecule is CCCCCOc1c(OC)cc(C=O)cc1Oc1ccc(C(C)(C)c2ccccc2)cc1. The van der Waals surface area contributed by atoms with Crippen LogP contribution in [0.1, 0.15) is 61.5 Å². The van der Waals surface area contributed by atoms with Gasteiger partial charge in [0.15, 0.2) is 11.5 Å². The fourth-order valence-corrected chi connectivity index (χ4v) is 3.65. The van der Waals surface area contributed by atoms with Crippen LogP contribution in [0.25, 0.3) is 0 Å². The number of carbonyl (C=O) groups is 1. The van der Waals surface area contributed by atoms with E-state index in [1.807, 2.05) is 18.2 Å². The molecular formula is C28H32O4. The molecule has 0 radical (unpaired) electrons. The number of hydrogen-bond donors (Lipinski definition) is 0. The van der Waals surface area contributed by atoms with Crippen molar-refractivity contribution >= 4 is 6.29 Å². The summed E-state index contributed by atoms with van der Waals surface area (Å²) in [7, 11) is 1.56. The van der Waals surface area contributed by atoms with Crippen LogP contribution in [0, 0.1) is 0 Å². The Morgan fingerprint density at radius 1 is 0.875 bits per heavy atom. The molecule has 3 aromatic rings. The molecule has 4 nitrogen and oxygen atoms in total. The highest BCUT2D eigenvalue weighted by molar-refractivity contribution is 5.78. The summed E-state index contributed by atoms with van der Waals surface area (Å²) in [5.41, 5.74) is 2.78. The lowest BCUT2D eigenvalue weighted by Gasteiger charge is -2.26. The molecule has 0 bridgehead atoms. The van der Waals surface area contributed by atoms with Crippen LogP contribution >= 0.6 is 0 Å². The summed E-state index contributed by atoms with van der Waals surface area (Å²) < 4.78 is 17.6. The van der Waals surface area contributed by atoms with Gasteiger partial charge in [0.25, 0.3) is 0 Å². The lowest BCUT2D eigenvalue weighted by atomic mass is 9.78. The molecule has 0 aliphatic rings. The molecule has 4 heteroatoms. The quantitative estimate of drug-likeness (QED) is 0.237. The van der Waals surface area contributed by atoms with Crippen molar-refractivity contribution in [3.63, 3.8) is 0 Å². The van der Waals surface area contributed by atoms with Gasteiger partial charge >= 0.3 is 0 Å². The second-order valence-electron chi connectivity index (χ2n) is 8.34. The summed E-state index contributed by atoms with van der Waals surface area (Å²) in [6.45, 7) is 7.12. The lowest BCUT2D eigenvalue weighted by molar-refractivity contribution is 0.112. The van der Waals surface area contributed by atoms with Gasteiger partial charge < -0.3 is 14.2 Å². The largest absolute Gasteiger partial charge is 0.493 e. The molecular weight excluding hydrogens is 400 g/mol. The normalized spacial score (nSPS) is 11.1. The predicted molar refractivity (Wildman–Crippen MR) is 128 cm³/mol. The number of rotatable bonds is 11. The molecule has 0 saturated heterocycles. The average Bonchev–Trinajstić information content (AvgIpc) is 2.83. The topological polar surface area (TPSA) is 44.8 Å². The Morgan fingerprint density at radius 2 is 1.53 bits per heavy atom. The van der Waals surface area contributed by atoms with Crippen LogP contribution in [-0.2, 0) is 5.41 Å². The van der Waals surface area contributed by atoms with Gasteiger partial charge in [-0.3, -0.25) is 4.79 Å². The van der Waals surface area contributed by atoms with Crippen LogP contribution in [0.5, 0.6) is 23.0 Å². The third kappa shape index (κ3) is 5.50. The van der Waals surface area contributed by atoms with E-state index in [1.165, 1.54) is 11.1 Å². The van der Waals surface area contributed by atoms with E-state index in [1.54, 1.807) is 19.2 Å². The molecule has 0 unspecified atom stereocenters. The highest BCUT2D eigenvalue weighted by Gasteiger charge is 2.23. The fourth-order valence-electron chi connectivity index (χ4n) is 3.65. The number of methoxy groups -OCH3 is 1. The minimum absolute atomic E-state index is 0.131. The highest BCUT2D eigenvalue weighted by atomic mass is 16.5. The maximum absolute atomic E-state index is 11.4. The van der Waals surface area contributed by atoms with Gasteiger partial charge in [0.2, 0.25) is 5.75 Å². The number of benzene rings is 3. The minimum atomic E-state index is -0.131. The Morgan fingerprint density at radius 3 is 2.16 bits per heavy atom. The Kier molecular flexibility index (Phi) is 7.93. The van der Waals surface area contributed by atoms with Crippen LogP contribution in [0.15, 0.2) is 66.7 Å². The fraction of sp³-hybridized carbons (Fsp3) is 0.321. The molecule has 0 amide bonds. The van der Waals surface area contributed by atoms with Crippen molar-refractivity contribution in [1.82, 2.24) is 0 Å². The first-order valence-electron chi connectivity index (χ1n) is 11.1. The first kappa shape index (κ1) is 23.4. The Labute approximate surface area is 191 Å². The zero-order valence-electron chi connectivity index (χ0n) is 19.4. The second kappa shape index (κ2) is 10.9. The molecule has 0 heterocycles. The van der Waals surface area contributed by atoms with Crippen LogP contribution < -0.4 is 14.2 Å². The van der Waals surface area contributed by atoms with Crippen molar-refractivity contribution in [3.05, 3.63) is 83.4 Å². The molecule has 3 aromatic carbocycles. The maximum Gasteiger partial charge on any atom is 0.204 e. The van der Waals surface area contributed by atoms with Gasteiger partial charge in [-0.1, -0.05) is 76.1 Å². The summed E-state index contributed by atoms with van der Waals surface area (Å²) in [5, 5.41) is 0. The summed E-state index contributed by atoms with van der Waals surface area (Å²) >= 11 is 0. The van der Waals surface area contributed by atoms with Crippen LogP contribution in [0.2, 0.25) is 0 Å². The van der Waals surface area contributed by atoms with E-state index in [9.17, 15) is 4.79 Å². The molecule has 0 fully saturated rings. The van der Waals surface area contributed by atoms with Gasteiger partial charge in [-0.2, -0.15) is 0 Å². The molecule has 0 saturated carbocycles. The third-order valence-electron chi connectivity index (χ3n) is 5.69. The highest BCUT2D eigenvalue weighted by Crippen LogP contribution is 2.41. The van der Waals surface area contributed by atoms with Gasteiger partial charge in [-0.15, -0.1) is 0 Å². The zero-order valence-corrected chi connectivity index (χ0v) is 19.4. The Balaban J connectivity index is 1.86. The van der Waals surface area contributed by atoms with Crippen molar-refractivity contribution in [2.24, 2.45) is 0 Å².